The van der Waals surface area contributed by atoms with Crippen molar-refractivity contribution in [3.8, 4) is 0 Å². The largest absolute Gasteiger partial charge is 0.356 e. The summed E-state index contributed by atoms with van der Waals surface area (Å²) in [5.41, 5.74) is 0.0261. The van der Waals surface area contributed by atoms with Gasteiger partial charge in [0.05, 0.1) is 0 Å². The van der Waals surface area contributed by atoms with Gasteiger partial charge in [0.15, 0.2) is 0 Å². The fourth-order valence-electron chi connectivity index (χ4n) is 1.35. The van der Waals surface area contributed by atoms with E-state index in [0.717, 1.165) is 0 Å². The zero-order chi connectivity index (χ0) is 14.3. The molecule has 19 heavy (non-hydrogen) atoms. The normalized spacial score (nSPS) is 10.9. The zero-order valence-corrected chi connectivity index (χ0v) is 11.7. The summed E-state index contributed by atoms with van der Waals surface area (Å²) in [7, 11) is 0. The van der Waals surface area contributed by atoms with Crippen LogP contribution in [-0.4, -0.2) is 29.9 Å². The van der Waals surface area contributed by atoms with Gasteiger partial charge in [-0.3, -0.25) is 14.6 Å². The predicted octanol–water partition coefficient (Wildman–Crippen LogP) is 1.36. The number of hydrogen-bond donors (Lipinski definition) is 2. The van der Waals surface area contributed by atoms with Gasteiger partial charge in [-0.1, -0.05) is 26.8 Å². The minimum Gasteiger partial charge on any atom is -0.356 e. The molecule has 1 aromatic heterocycles. The first-order valence-electron chi connectivity index (χ1n) is 6.39. The molecule has 0 atom stereocenters. The molecule has 5 nitrogen and oxygen atoms in total. The van der Waals surface area contributed by atoms with E-state index in [0.29, 0.717) is 25.2 Å². The highest BCUT2D eigenvalue weighted by Crippen LogP contribution is 2.11. The average molecular weight is 263 g/mol. The third-order valence-electron chi connectivity index (χ3n) is 2.50. The molecule has 5 heteroatoms. The van der Waals surface area contributed by atoms with Crippen LogP contribution in [0.15, 0.2) is 24.4 Å². The van der Waals surface area contributed by atoms with Crippen LogP contribution in [0, 0.1) is 5.41 Å². The fraction of sp³-hybridized carbons (Fsp3) is 0.500. The Kier molecular flexibility index (Phi) is 5.48. The van der Waals surface area contributed by atoms with Crippen LogP contribution >= 0.6 is 0 Å². The highest BCUT2D eigenvalue weighted by atomic mass is 16.2. The van der Waals surface area contributed by atoms with Gasteiger partial charge in [0.2, 0.25) is 5.91 Å². The van der Waals surface area contributed by atoms with Crippen LogP contribution in [-0.2, 0) is 4.79 Å². The maximum Gasteiger partial charge on any atom is 0.269 e. The van der Waals surface area contributed by atoms with Gasteiger partial charge < -0.3 is 10.6 Å². The molecular weight excluding hydrogens is 242 g/mol. The van der Waals surface area contributed by atoms with Crippen molar-refractivity contribution in [3.63, 3.8) is 0 Å². The predicted molar refractivity (Wildman–Crippen MR) is 73.7 cm³/mol. The number of pyridine rings is 1. The molecule has 0 aliphatic rings. The molecular formula is C14H21N3O2. The van der Waals surface area contributed by atoms with Crippen molar-refractivity contribution < 1.29 is 9.59 Å². The quantitative estimate of drug-likeness (QED) is 0.788. The number of nitrogens with one attached hydrogen (secondary N) is 2. The second-order valence-corrected chi connectivity index (χ2v) is 5.33. The van der Waals surface area contributed by atoms with Crippen LogP contribution in [0.2, 0.25) is 0 Å². The number of rotatable bonds is 5. The minimum atomic E-state index is -0.378. The summed E-state index contributed by atoms with van der Waals surface area (Å²) in [6.07, 6.45) is 2.28. The first-order chi connectivity index (χ1) is 8.91. The second kappa shape index (κ2) is 6.87. The molecule has 0 saturated carbocycles. The maximum atomic E-state index is 11.6. The average Bonchev–Trinajstić information content (AvgIpc) is 2.37. The molecule has 0 aliphatic carbocycles. The number of aromatic nitrogens is 1. The van der Waals surface area contributed by atoms with Gasteiger partial charge in [0.1, 0.15) is 5.69 Å². The Morgan fingerprint density at radius 2 is 1.84 bits per heavy atom. The molecule has 0 unspecified atom stereocenters. The van der Waals surface area contributed by atoms with Gasteiger partial charge in [-0.15, -0.1) is 0 Å². The van der Waals surface area contributed by atoms with Gasteiger partial charge in [-0.2, -0.15) is 0 Å². The number of nitrogens with zero attached hydrogens (tertiary/aromatic N) is 1. The standard InChI is InChI=1S/C14H21N3O2/c1-14(2,3)13(19)17-10-6-9-16-12(18)11-7-4-5-8-15-11/h4-5,7-8H,6,9-10H2,1-3H3,(H,16,18)(H,17,19). The lowest BCUT2D eigenvalue weighted by atomic mass is 9.96. The van der Waals surface area contributed by atoms with Gasteiger partial charge in [0.25, 0.3) is 5.91 Å². The summed E-state index contributed by atoms with van der Waals surface area (Å²) in [5, 5.41) is 5.59. The van der Waals surface area contributed by atoms with E-state index in [1.165, 1.54) is 0 Å². The van der Waals surface area contributed by atoms with E-state index >= 15 is 0 Å². The van der Waals surface area contributed by atoms with E-state index in [-0.39, 0.29) is 17.2 Å². The Balaban J connectivity index is 2.18. The number of carbonyl (C=O) groups excluding carboxylic acids is 2. The molecule has 0 fully saturated rings. The summed E-state index contributed by atoms with van der Waals surface area (Å²) < 4.78 is 0. The Labute approximate surface area is 113 Å². The summed E-state index contributed by atoms with van der Waals surface area (Å²) in [5.74, 6) is -0.175. The molecule has 1 aromatic rings. The summed E-state index contributed by atoms with van der Waals surface area (Å²) in [6, 6.07) is 5.20. The van der Waals surface area contributed by atoms with Crippen molar-refractivity contribution in [2.45, 2.75) is 27.2 Å². The van der Waals surface area contributed by atoms with Crippen LogP contribution < -0.4 is 10.6 Å². The van der Waals surface area contributed by atoms with Crippen molar-refractivity contribution >= 4 is 11.8 Å². The van der Waals surface area contributed by atoms with Crippen molar-refractivity contribution in [3.05, 3.63) is 30.1 Å². The van der Waals surface area contributed by atoms with E-state index in [9.17, 15) is 9.59 Å². The topological polar surface area (TPSA) is 71.1 Å². The van der Waals surface area contributed by atoms with E-state index in [1.807, 2.05) is 20.8 Å². The fourth-order valence-corrected chi connectivity index (χ4v) is 1.35. The molecule has 0 saturated heterocycles. The first kappa shape index (κ1) is 15.1. The van der Waals surface area contributed by atoms with Gasteiger partial charge in [-0.25, -0.2) is 0 Å². The molecule has 1 heterocycles. The van der Waals surface area contributed by atoms with Gasteiger partial charge in [0, 0.05) is 24.7 Å². The third-order valence-corrected chi connectivity index (χ3v) is 2.50. The molecule has 2 amide bonds. The van der Waals surface area contributed by atoms with Crippen LogP contribution in [0.5, 0.6) is 0 Å². The first-order valence-corrected chi connectivity index (χ1v) is 6.39. The lowest BCUT2D eigenvalue weighted by Crippen LogP contribution is -2.36. The van der Waals surface area contributed by atoms with Crippen molar-refractivity contribution in [1.82, 2.24) is 15.6 Å². The molecule has 2 N–H and O–H groups in total. The number of amides is 2. The highest BCUT2D eigenvalue weighted by Gasteiger charge is 2.20. The number of carbonyl (C=O) groups is 2. The van der Waals surface area contributed by atoms with E-state index < -0.39 is 0 Å². The Morgan fingerprint density at radius 3 is 2.42 bits per heavy atom. The molecule has 104 valence electrons. The minimum absolute atomic E-state index is 0.0172. The van der Waals surface area contributed by atoms with Crippen LogP contribution in [0.1, 0.15) is 37.7 Å². The van der Waals surface area contributed by atoms with Gasteiger partial charge in [-0.05, 0) is 18.6 Å². The monoisotopic (exact) mass is 263 g/mol. The smallest absolute Gasteiger partial charge is 0.269 e. The van der Waals surface area contributed by atoms with Crippen LogP contribution in [0.3, 0.4) is 0 Å². The number of hydrogen-bond acceptors (Lipinski definition) is 3. The highest BCUT2D eigenvalue weighted by molar-refractivity contribution is 5.92. The lowest BCUT2D eigenvalue weighted by Gasteiger charge is -2.17. The molecule has 0 aromatic carbocycles. The summed E-state index contributed by atoms with van der Waals surface area (Å²) in [4.78, 5) is 27.2. The Hall–Kier alpha value is -1.91. The molecule has 0 bridgehead atoms. The van der Waals surface area contributed by atoms with E-state index in [4.69, 9.17) is 0 Å². The maximum absolute atomic E-state index is 11.6. The van der Waals surface area contributed by atoms with Crippen LogP contribution in [0.25, 0.3) is 0 Å². The van der Waals surface area contributed by atoms with E-state index in [2.05, 4.69) is 15.6 Å². The Bertz CT molecular complexity index is 424. The van der Waals surface area contributed by atoms with Crippen LogP contribution in [0.4, 0.5) is 0 Å². The summed E-state index contributed by atoms with van der Waals surface area (Å²) >= 11 is 0. The van der Waals surface area contributed by atoms with Crippen molar-refractivity contribution in [2.24, 2.45) is 5.41 Å². The summed E-state index contributed by atoms with van der Waals surface area (Å²) in [6.45, 7) is 6.67. The molecule has 0 radical (unpaired) electrons. The SMILES string of the molecule is CC(C)(C)C(=O)NCCCNC(=O)c1ccccn1. The molecule has 1 rings (SSSR count). The zero-order valence-electron chi connectivity index (χ0n) is 11.7. The van der Waals surface area contributed by atoms with Crippen molar-refractivity contribution in [2.75, 3.05) is 13.1 Å². The lowest BCUT2D eigenvalue weighted by molar-refractivity contribution is -0.128. The molecule has 0 spiro atoms. The van der Waals surface area contributed by atoms with Crippen molar-refractivity contribution in [1.29, 1.82) is 0 Å². The third kappa shape index (κ3) is 5.50. The second-order valence-electron chi connectivity index (χ2n) is 5.33. The van der Waals surface area contributed by atoms with Gasteiger partial charge >= 0.3 is 0 Å². The molecule has 0 aliphatic heterocycles. The van der Waals surface area contributed by atoms with E-state index in [1.54, 1.807) is 24.4 Å². The Morgan fingerprint density at radius 1 is 1.16 bits per heavy atom.